The number of aliphatic carboxylic acids is 1. The number of aliphatic hydroxyl groups is 1. The Balaban J connectivity index is 3.34. The summed E-state index contributed by atoms with van der Waals surface area (Å²) in [6, 6.07) is 7.58. The van der Waals surface area contributed by atoms with Crippen molar-refractivity contribution in [3.8, 4) is 0 Å². The lowest BCUT2D eigenvalue weighted by atomic mass is 10.1. The van der Waals surface area contributed by atoms with E-state index < -0.39 is 18.6 Å². The van der Waals surface area contributed by atoms with Crippen LogP contribution in [0.1, 0.15) is 37.0 Å². The SMILES string of the molecule is CCC[N+](CCC)(C(=O)c1ccccc1)C(CO)C(=O)O. The maximum absolute atomic E-state index is 12.9. The first-order valence-corrected chi connectivity index (χ1v) is 7.33. The molecule has 0 aliphatic carbocycles. The number of benzene rings is 1. The fourth-order valence-electron chi connectivity index (χ4n) is 2.85. The van der Waals surface area contributed by atoms with Crippen molar-refractivity contribution in [3.63, 3.8) is 0 Å². The maximum atomic E-state index is 12.9. The van der Waals surface area contributed by atoms with Crippen LogP contribution in [0.3, 0.4) is 0 Å². The molecule has 0 aromatic heterocycles. The number of quaternary nitrogens is 1. The molecule has 5 heteroatoms. The summed E-state index contributed by atoms with van der Waals surface area (Å²) in [7, 11) is 0. The Morgan fingerprint density at radius 3 is 2.00 bits per heavy atom. The minimum Gasteiger partial charge on any atom is -0.477 e. The summed E-state index contributed by atoms with van der Waals surface area (Å²) < 4.78 is -0.233. The number of nitrogens with zero attached hydrogens (tertiary/aromatic N) is 1. The highest BCUT2D eigenvalue weighted by Crippen LogP contribution is 2.22. The van der Waals surface area contributed by atoms with Crippen LogP contribution >= 0.6 is 0 Å². The lowest BCUT2D eigenvalue weighted by Gasteiger charge is -2.39. The van der Waals surface area contributed by atoms with Crippen LogP contribution in [0.4, 0.5) is 0 Å². The Hall–Kier alpha value is -1.72. The van der Waals surface area contributed by atoms with Crippen molar-refractivity contribution < 1.29 is 24.3 Å². The molecule has 1 aromatic rings. The number of carboxylic acids is 1. The van der Waals surface area contributed by atoms with Gasteiger partial charge >= 0.3 is 11.9 Å². The van der Waals surface area contributed by atoms with Crippen LogP contribution < -0.4 is 0 Å². The van der Waals surface area contributed by atoms with Gasteiger partial charge in [-0.05, 0) is 25.0 Å². The van der Waals surface area contributed by atoms with E-state index in [1.807, 2.05) is 19.9 Å². The first-order chi connectivity index (χ1) is 10.0. The number of hydrogen-bond donors (Lipinski definition) is 2. The molecule has 0 spiro atoms. The monoisotopic (exact) mass is 294 g/mol. The highest BCUT2D eigenvalue weighted by Gasteiger charge is 2.47. The molecule has 1 aromatic carbocycles. The average Bonchev–Trinajstić information content (AvgIpc) is 2.48. The number of hydrogen-bond acceptors (Lipinski definition) is 3. The molecule has 0 aliphatic rings. The van der Waals surface area contributed by atoms with Gasteiger partial charge in [0.2, 0.25) is 6.04 Å². The number of carbonyl (C=O) groups excluding carboxylic acids is 1. The van der Waals surface area contributed by atoms with Crippen molar-refractivity contribution in [1.82, 2.24) is 0 Å². The summed E-state index contributed by atoms with van der Waals surface area (Å²) in [5.41, 5.74) is 0.485. The fourth-order valence-corrected chi connectivity index (χ4v) is 2.85. The minimum atomic E-state index is -1.14. The predicted molar refractivity (Wildman–Crippen MR) is 79.9 cm³/mol. The molecule has 1 atom stereocenters. The zero-order valence-electron chi connectivity index (χ0n) is 12.7. The predicted octanol–water partition coefficient (Wildman–Crippen LogP) is 1.91. The van der Waals surface area contributed by atoms with Crippen molar-refractivity contribution in [2.75, 3.05) is 19.7 Å². The van der Waals surface area contributed by atoms with Gasteiger partial charge in [0.1, 0.15) is 6.61 Å². The summed E-state index contributed by atoms with van der Waals surface area (Å²) in [6.45, 7) is 4.08. The summed E-state index contributed by atoms with van der Waals surface area (Å²) in [4.78, 5) is 24.5. The Bertz CT molecular complexity index is 466. The lowest BCUT2D eigenvalue weighted by molar-refractivity contribution is -0.866. The van der Waals surface area contributed by atoms with Crippen LogP contribution in [0.25, 0.3) is 0 Å². The van der Waals surface area contributed by atoms with Crippen LogP contribution in [-0.4, -0.2) is 52.3 Å². The van der Waals surface area contributed by atoms with E-state index in [0.29, 0.717) is 31.5 Å². The number of aliphatic hydroxyl groups excluding tert-OH is 1. The Labute approximate surface area is 125 Å². The normalized spacial score (nSPS) is 12.9. The minimum absolute atomic E-state index is 0.233. The molecule has 1 unspecified atom stereocenters. The maximum Gasteiger partial charge on any atom is 0.365 e. The first-order valence-electron chi connectivity index (χ1n) is 7.33. The van der Waals surface area contributed by atoms with Gasteiger partial charge in [0.25, 0.3) is 0 Å². The average molecular weight is 294 g/mol. The van der Waals surface area contributed by atoms with Gasteiger partial charge in [-0.25, -0.2) is 14.1 Å². The number of amides is 1. The van der Waals surface area contributed by atoms with Crippen LogP contribution in [0.5, 0.6) is 0 Å². The molecule has 0 bridgehead atoms. The summed E-state index contributed by atoms with van der Waals surface area (Å²) >= 11 is 0. The van der Waals surface area contributed by atoms with Gasteiger partial charge in [-0.3, -0.25) is 0 Å². The smallest absolute Gasteiger partial charge is 0.365 e. The number of carboxylic acid groups (broad SMARTS) is 1. The van der Waals surface area contributed by atoms with Gasteiger partial charge in [-0.15, -0.1) is 0 Å². The van der Waals surface area contributed by atoms with E-state index in [2.05, 4.69) is 0 Å². The van der Waals surface area contributed by atoms with Crippen molar-refractivity contribution in [1.29, 1.82) is 0 Å². The summed E-state index contributed by atoms with van der Waals surface area (Å²) in [5.74, 6) is -1.37. The van der Waals surface area contributed by atoms with Crippen molar-refractivity contribution in [2.24, 2.45) is 0 Å². The molecule has 21 heavy (non-hydrogen) atoms. The molecule has 0 aliphatic heterocycles. The van der Waals surface area contributed by atoms with Gasteiger partial charge in [0.15, 0.2) is 0 Å². The summed E-state index contributed by atoms with van der Waals surface area (Å²) in [6.07, 6.45) is 1.34. The molecule has 5 nitrogen and oxygen atoms in total. The van der Waals surface area contributed by atoms with E-state index >= 15 is 0 Å². The van der Waals surface area contributed by atoms with Crippen molar-refractivity contribution in [2.45, 2.75) is 32.7 Å². The molecular weight excluding hydrogens is 270 g/mol. The molecule has 1 rings (SSSR count). The molecule has 0 heterocycles. The molecule has 1 amide bonds. The topological polar surface area (TPSA) is 74.6 Å². The van der Waals surface area contributed by atoms with E-state index in [-0.39, 0.29) is 10.4 Å². The largest absolute Gasteiger partial charge is 0.477 e. The highest BCUT2D eigenvalue weighted by atomic mass is 16.4. The molecule has 0 saturated heterocycles. The van der Waals surface area contributed by atoms with Gasteiger partial charge in [0, 0.05) is 0 Å². The molecule has 0 radical (unpaired) electrons. The van der Waals surface area contributed by atoms with Gasteiger partial charge in [0.05, 0.1) is 18.7 Å². The van der Waals surface area contributed by atoms with Crippen LogP contribution in [0.15, 0.2) is 30.3 Å². The second-order valence-corrected chi connectivity index (χ2v) is 5.19. The van der Waals surface area contributed by atoms with Gasteiger partial charge in [-0.1, -0.05) is 32.0 Å². The van der Waals surface area contributed by atoms with E-state index in [9.17, 15) is 19.8 Å². The second-order valence-electron chi connectivity index (χ2n) is 5.19. The van der Waals surface area contributed by atoms with E-state index in [4.69, 9.17) is 0 Å². The zero-order valence-corrected chi connectivity index (χ0v) is 12.7. The third-order valence-electron chi connectivity index (χ3n) is 3.73. The first kappa shape index (κ1) is 17.3. The third-order valence-corrected chi connectivity index (χ3v) is 3.73. The van der Waals surface area contributed by atoms with Crippen LogP contribution in [0.2, 0.25) is 0 Å². The van der Waals surface area contributed by atoms with Crippen LogP contribution in [-0.2, 0) is 4.79 Å². The third kappa shape index (κ3) is 3.68. The van der Waals surface area contributed by atoms with Crippen molar-refractivity contribution in [3.05, 3.63) is 35.9 Å². The Morgan fingerprint density at radius 1 is 1.10 bits per heavy atom. The van der Waals surface area contributed by atoms with E-state index in [0.717, 1.165) is 0 Å². The Morgan fingerprint density at radius 2 is 1.62 bits per heavy atom. The highest BCUT2D eigenvalue weighted by molar-refractivity contribution is 5.90. The second kappa shape index (κ2) is 7.90. The van der Waals surface area contributed by atoms with Gasteiger partial charge < -0.3 is 10.2 Å². The Kier molecular flexibility index (Phi) is 6.52. The molecule has 0 fully saturated rings. The lowest BCUT2D eigenvalue weighted by Crippen LogP contribution is -2.64. The number of carbonyl (C=O) groups is 2. The van der Waals surface area contributed by atoms with Crippen molar-refractivity contribution >= 4 is 11.9 Å². The molecular formula is C16H24NO4+. The molecule has 0 saturated carbocycles. The van der Waals surface area contributed by atoms with Crippen LogP contribution in [0, 0.1) is 0 Å². The van der Waals surface area contributed by atoms with E-state index in [1.54, 1.807) is 24.3 Å². The summed E-state index contributed by atoms with van der Waals surface area (Å²) in [5, 5.41) is 19.0. The number of rotatable bonds is 8. The van der Waals surface area contributed by atoms with Gasteiger partial charge in [-0.2, -0.15) is 0 Å². The molecule has 116 valence electrons. The zero-order chi connectivity index (χ0) is 15.9. The quantitative estimate of drug-likeness (QED) is 0.718. The fraction of sp³-hybridized carbons (Fsp3) is 0.500. The standard InChI is InChI=1S/C16H23NO4/c1-3-10-17(11-4-2,14(12-18)16(20)21)15(19)13-8-6-5-7-9-13/h5-9,14,18H,3-4,10-12H2,1-2H3/p+1. The molecule has 2 N–H and O–H groups in total. The van der Waals surface area contributed by atoms with E-state index in [1.165, 1.54) is 0 Å².